The molecule has 0 radical (unpaired) electrons. The number of ether oxygens (including phenoxy) is 1. The summed E-state index contributed by atoms with van der Waals surface area (Å²) in [6.45, 7) is 0.0586. The molecule has 1 heterocycles. The number of carbonyl (C=O) groups is 1. The normalized spacial score (nSPS) is 13.5. The molecule has 1 aliphatic rings. The smallest absolute Gasteiger partial charge is 0.399 e. The second-order valence-electron chi connectivity index (χ2n) is 7.76. The minimum atomic E-state index is -3.83. The Bertz CT molecular complexity index is 1270. The van der Waals surface area contributed by atoms with Crippen LogP contribution in [-0.4, -0.2) is 32.1 Å². The molecule has 2 aromatic carbocycles. The predicted molar refractivity (Wildman–Crippen MR) is 116 cm³/mol. The number of carbonyl (C=O) groups excluding carboxylic acids is 1. The van der Waals surface area contributed by atoms with Crippen molar-refractivity contribution in [1.82, 2.24) is 10.3 Å². The van der Waals surface area contributed by atoms with Gasteiger partial charge in [-0.3, -0.25) is 9.52 Å². The molecule has 0 atom stereocenters. The molecule has 1 fully saturated rings. The molecule has 1 amide bonds. The molecule has 174 valence electrons. The third-order valence-electron chi connectivity index (χ3n) is 4.92. The molecule has 0 unspecified atom stereocenters. The summed E-state index contributed by atoms with van der Waals surface area (Å²) in [5, 5.41) is 2.58. The molecule has 3 aromatic rings. The van der Waals surface area contributed by atoms with Crippen molar-refractivity contribution in [2.45, 2.75) is 25.2 Å². The maximum Gasteiger partial charge on any atom is 0.399 e. The summed E-state index contributed by atoms with van der Waals surface area (Å²) in [6.07, 6.45) is 4.29. The van der Waals surface area contributed by atoms with E-state index in [1.54, 1.807) is 10.8 Å². The third kappa shape index (κ3) is 6.07. The Balaban J connectivity index is 1.31. The van der Waals surface area contributed by atoms with E-state index in [1.165, 1.54) is 5.56 Å². The van der Waals surface area contributed by atoms with Gasteiger partial charge < -0.3 is 14.5 Å². The highest BCUT2D eigenvalue weighted by molar-refractivity contribution is 7.92. The number of aromatic nitrogens is 1. The first-order valence-corrected chi connectivity index (χ1v) is 12.0. The number of hydrogen-bond acceptors (Lipinski definition) is 6. The fourth-order valence-electron chi connectivity index (χ4n) is 3.22. The second kappa shape index (κ2) is 9.18. The number of nitrogens with zero attached hydrogens (tertiary/aromatic N) is 1. The number of nitrogens with one attached hydrogen (secondary N) is 2. The standard InChI is InChI=1S/C22H21F2N3O5S/c1-33(29,30)27-20-17(23)9-13(10-18(20)24)7-8-25-21(28)19-12-31-22(26-19)32-16-4-2-3-15(11-16)14-5-6-14/h2-4,9-12,14,27H,5-8H2,1H3,(H,25,28). The van der Waals surface area contributed by atoms with Gasteiger partial charge in [0, 0.05) is 6.54 Å². The lowest BCUT2D eigenvalue weighted by atomic mass is 10.1. The zero-order chi connectivity index (χ0) is 23.6. The Kier molecular flexibility index (Phi) is 6.32. The number of rotatable bonds is 9. The van der Waals surface area contributed by atoms with Crippen LogP contribution in [0.15, 0.2) is 47.1 Å². The van der Waals surface area contributed by atoms with Crippen molar-refractivity contribution < 1.29 is 31.1 Å². The summed E-state index contributed by atoms with van der Waals surface area (Å²) >= 11 is 0. The molecule has 1 aliphatic carbocycles. The van der Waals surface area contributed by atoms with E-state index in [-0.39, 0.29) is 30.3 Å². The van der Waals surface area contributed by atoms with Crippen molar-refractivity contribution in [3.05, 3.63) is 71.1 Å². The molecule has 0 saturated heterocycles. The Morgan fingerprint density at radius 2 is 1.94 bits per heavy atom. The summed E-state index contributed by atoms with van der Waals surface area (Å²) in [6, 6.07) is 9.60. The van der Waals surface area contributed by atoms with E-state index in [1.807, 2.05) is 18.2 Å². The van der Waals surface area contributed by atoms with Gasteiger partial charge in [-0.25, -0.2) is 17.2 Å². The molecule has 4 rings (SSSR count). The van der Waals surface area contributed by atoms with Crippen molar-refractivity contribution in [2.24, 2.45) is 0 Å². The van der Waals surface area contributed by atoms with Crippen LogP contribution >= 0.6 is 0 Å². The van der Waals surface area contributed by atoms with Crippen LogP contribution in [-0.2, 0) is 16.4 Å². The Morgan fingerprint density at radius 1 is 1.21 bits per heavy atom. The van der Waals surface area contributed by atoms with Gasteiger partial charge in [0.25, 0.3) is 5.91 Å². The van der Waals surface area contributed by atoms with Gasteiger partial charge in [0.2, 0.25) is 10.0 Å². The van der Waals surface area contributed by atoms with Gasteiger partial charge in [-0.15, -0.1) is 0 Å². The van der Waals surface area contributed by atoms with Crippen molar-refractivity contribution >= 4 is 21.6 Å². The number of anilines is 1. The number of benzene rings is 2. The summed E-state index contributed by atoms with van der Waals surface area (Å²) in [5.74, 6) is -1.52. The van der Waals surface area contributed by atoms with Crippen LogP contribution in [0.25, 0.3) is 0 Å². The summed E-state index contributed by atoms with van der Waals surface area (Å²) < 4.78 is 63.1. The van der Waals surface area contributed by atoms with Gasteiger partial charge in [-0.05, 0) is 60.6 Å². The van der Waals surface area contributed by atoms with Gasteiger partial charge in [0.1, 0.15) is 17.7 Å². The van der Waals surface area contributed by atoms with E-state index in [0.29, 0.717) is 11.7 Å². The lowest BCUT2D eigenvalue weighted by Crippen LogP contribution is -2.26. The Hall–Kier alpha value is -3.47. The zero-order valence-electron chi connectivity index (χ0n) is 17.6. The van der Waals surface area contributed by atoms with Crippen molar-refractivity contribution in [2.75, 3.05) is 17.5 Å². The van der Waals surface area contributed by atoms with Crippen molar-refractivity contribution in [3.8, 4) is 11.8 Å². The van der Waals surface area contributed by atoms with Gasteiger partial charge in [0.15, 0.2) is 17.3 Å². The molecular formula is C22H21F2N3O5S. The minimum absolute atomic E-state index is 0.00610. The Labute approximate surface area is 189 Å². The molecule has 0 spiro atoms. The van der Waals surface area contributed by atoms with E-state index >= 15 is 0 Å². The first-order chi connectivity index (χ1) is 15.7. The van der Waals surface area contributed by atoms with E-state index in [4.69, 9.17) is 9.15 Å². The molecule has 0 aliphatic heterocycles. The average molecular weight is 477 g/mol. The first-order valence-electron chi connectivity index (χ1n) is 10.2. The number of halogens is 2. The highest BCUT2D eigenvalue weighted by Gasteiger charge is 2.24. The van der Waals surface area contributed by atoms with Gasteiger partial charge in [-0.1, -0.05) is 12.1 Å². The van der Waals surface area contributed by atoms with Crippen LogP contribution in [0.5, 0.6) is 11.8 Å². The fraction of sp³-hybridized carbons (Fsp3) is 0.273. The van der Waals surface area contributed by atoms with E-state index < -0.39 is 33.3 Å². The minimum Gasteiger partial charge on any atom is -0.416 e. The number of amides is 1. The quantitative estimate of drug-likeness (QED) is 0.483. The maximum atomic E-state index is 14.1. The van der Waals surface area contributed by atoms with Gasteiger partial charge >= 0.3 is 6.08 Å². The lowest BCUT2D eigenvalue weighted by molar-refractivity contribution is 0.0949. The van der Waals surface area contributed by atoms with E-state index in [9.17, 15) is 22.0 Å². The Morgan fingerprint density at radius 3 is 2.61 bits per heavy atom. The SMILES string of the molecule is CS(=O)(=O)Nc1c(F)cc(CCNC(=O)c2coc(Oc3cccc(C4CC4)c3)n2)cc1F. The van der Waals surface area contributed by atoms with Crippen LogP contribution in [0, 0.1) is 11.6 Å². The third-order valence-corrected chi connectivity index (χ3v) is 5.49. The first kappa shape index (κ1) is 22.7. The number of sulfonamides is 1. The van der Waals surface area contributed by atoms with Crippen molar-refractivity contribution in [3.63, 3.8) is 0 Å². The fourth-order valence-corrected chi connectivity index (χ4v) is 3.79. The summed E-state index contributed by atoms with van der Waals surface area (Å²) in [5.41, 5.74) is 0.672. The zero-order valence-corrected chi connectivity index (χ0v) is 18.4. The molecule has 1 aromatic heterocycles. The molecule has 8 nitrogen and oxygen atoms in total. The van der Waals surface area contributed by atoms with E-state index in [0.717, 1.165) is 37.5 Å². The summed E-state index contributed by atoms with van der Waals surface area (Å²) in [7, 11) is -3.83. The van der Waals surface area contributed by atoms with Crippen LogP contribution in [0.4, 0.5) is 14.5 Å². The van der Waals surface area contributed by atoms with Gasteiger partial charge in [-0.2, -0.15) is 4.98 Å². The van der Waals surface area contributed by atoms with E-state index in [2.05, 4.69) is 10.3 Å². The largest absolute Gasteiger partial charge is 0.416 e. The molecular weight excluding hydrogens is 456 g/mol. The van der Waals surface area contributed by atoms with Crippen LogP contribution in [0.2, 0.25) is 0 Å². The highest BCUT2D eigenvalue weighted by Crippen LogP contribution is 2.41. The summed E-state index contributed by atoms with van der Waals surface area (Å²) in [4.78, 5) is 16.3. The van der Waals surface area contributed by atoms with Crippen molar-refractivity contribution in [1.29, 1.82) is 0 Å². The van der Waals surface area contributed by atoms with Crippen LogP contribution in [0.1, 0.15) is 40.4 Å². The predicted octanol–water partition coefficient (Wildman–Crippen LogP) is 3.97. The average Bonchev–Trinajstić information content (AvgIpc) is 3.49. The number of hydrogen-bond donors (Lipinski definition) is 2. The molecule has 11 heteroatoms. The van der Waals surface area contributed by atoms with Crippen LogP contribution < -0.4 is 14.8 Å². The number of oxazole rings is 1. The molecule has 33 heavy (non-hydrogen) atoms. The maximum absolute atomic E-state index is 14.1. The van der Waals surface area contributed by atoms with Gasteiger partial charge in [0.05, 0.1) is 6.26 Å². The van der Waals surface area contributed by atoms with Crippen LogP contribution in [0.3, 0.4) is 0 Å². The monoisotopic (exact) mass is 477 g/mol. The molecule has 0 bridgehead atoms. The lowest BCUT2D eigenvalue weighted by Gasteiger charge is -2.09. The molecule has 1 saturated carbocycles. The molecule has 2 N–H and O–H groups in total. The highest BCUT2D eigenvalue weighted by atomic mass is 32.2. The second-order valence-corrected chi connectivity index (χ2v) is 9.51. The topological polar surface area (TPSA) is 111 Å².